The van der Waals surface area contributed by atoms with E-state index in [-0.39, 0.29) is 11.3 Å². The van der Waals surface area contributed by atoms with Gasteiger partial charge in [-0.1, -0.05) is 35.0 Å². The van der Waals surface area contributed by atoms with E-state index in [9.17, 15) is 0 Å². The summed E-state index contributed by atoms with van der Waals surface area (Å²) in [7, 11) is 0. The molecule has 1 aromatic carbocycles. The summed E-state index contributed by atoms with van der Waals surface area (Å²) in [6.07, 6.45) is 8.21. The van der Waals surface area contributed by atoms with E-state index in [1.165, 1.54) is 49.7 Å². The molecule has 1 heterocycles. The summed E-state index contributed by atoms with van der Waals surface area (Å²) >= 11 is 0. The third-order valence-electron chi connectivity index (χ3n) is 6.90. The summed E-state index contributed by atoms with van der Waals surface area (Å²) < 4.78 is 5.74. The van der Waals surface area contributed by atoms with Crippen LogP contribution in [0.3, 0.4) is 0 Å². The molecule has 0 radical (unpaired) electrons. The largest absolute Gasteiger partial charge is 0.339 e. The van der Waals surface area contributed by atoms with Gasteiger partial charge in [-0.05, 0) is 75.7 Å². The predicted molar refractivity (Wildman–Crippen MR) is 92.8 cm³/mol. The summed E-state index contributed by atoms with van der Waals surface area (Å²) in [4.78, 5) is 4.92. The Balaban J connectivity index is 1.44. The first-order valence-electron chi connectivity index (χ1n) is 9.52. The van der Waals surface area contributed by atoms with E-state index in [2.05, 4.69) is 43.3 Å². The Labute approximate surface area is 143 Å². The molecule has 0 aliphatic heterocycles. The standard InChI is InChI=1S/C21H26N2O/c1-13-3-5-18(6-4-13)14(2)19-22-20(23-24-19)21-10-15-7-16(11-21)9-17(8-15)12-21/h3-6,14-17H,7-12H2,1-2H3/t14-,15?,16?,17?,21?/m0/s1. The number of rotatable bonds is 3. The minimum Gasteiger partial charge on any atom is -0.339 e. The Kier molecular flexibility index (Phi) is 3.17. The van der Waals surface area contributed by atoms with Crippen molar-refractivity contribution >= 4 is 0 Å². The molecule has 126 valence electrons. The van der Waals surface area contributed by atoms with Crippen LogP contribution in [0.1, 0.15) is 74.2 Å². The van der Waals surface area contributed by atoms with Crippen LogP contribution in [0.4, 0.5) is 0 Å². The van der Waals surface area contributed by atoms with Crippen molar-refractivity contribution in [1.29, 1.82) is 0 Å². The summed E-state index contributed by atoms with van der Waals surface area (Å²) in [5, 5.41) is 4.48. The van der Waals surface area contributed by atoms with Gasteiger partial charge >= 0.3 is 0 Å². The summed E-state index contributed by atoms with van der Waals surface area (Å²) in [6.45, 7) is 4.29. The lowest BCUT2D eigenvalue weighted by Crippen LogP contribution is -2.49. The van der Waals surface area contributed by atoms with E-state index < -0.39 is 0 Å². The zero-order valence-electron chi connectivity index (χ0n) is 14.7. The van der Waals surface area contributed by atoms with E-state index in [1.807, 2.05) is 0 Å². The van der Waals surface area contributed by atoms with Crippen LogP contribution in [0, 0.1) is 24.7 Å². The van der Waals surface area contributed by atoms with Crippen LogP contribution in [0.25, 0.3) is 0 Å². The average Bonchev–Trinajstić information content (AvgIpc) is 3.04. The molecule has 0 amide bonds. The highest BCUT2D eigenvalue weighted by Gasteiger charge is 2.53. The number of aryl methyl sites for hydroxylation is 1. The molecule has 0 N–H and O–H groups in total. The summed E-state index contributed by atoms with van der Waals surface area (Å²) in [5.74, 6) is 4.69. The van der Waals surface area contributed by atoms with Crippen LogP contribution >= 0.6 is 0 Å². The summed E-state index contributed by atoms with van der Waals surface area (Å²) in [6, 6.07) is 8.66. The van der Waals surface area contributed by atoms with Gasteiger partial charge in [0.15, 0.2) is 5.82 Å². The second-order valence-corrected chi connectivity index (χ2v) is 8.79. The first-order chi connectivity index (χ1) is 11.6. The van der Waals surface area contributed by atoms with E-state index in [0.717, 1.165) is 29.5 Å². The Morgan fingerprint density at radius 2 is 1.58 bits per heavy atom. The third kappa shape index (κ3) is 2.24. The lowest BCUT2D eigenvalue weighted by Gasteiger charge is -2.55. The van der Waals surface area contributed by atoms with Crippen LogP contribution in [0.5, 0.6) is 0 Å². The molecule has 1 aromatic heterocycles. The van der Waals surface area contributed by atoms with Gasteiger partial charge in [0.1, 0.15) is 0 Å². The smallest absolute Gasteiger partial charge is 0.233 e. The van der Waals surface area contributed by atoms with Crippen molar-refractivity contribution in [1.82, 2.24) is 10.1 Å². The molecule has 1 atom stereocenters. The topological polar surface area (TPSA) is 38.9 Å². The van der Waals surface area contributed by atoms with Gasteiger partial charge in [-0.25, -0.2) is 0 Å². The van der Waals surface area contributed by atoms with Gasteiger partial charge < -0.3 is 4.52 Å². The fourth-order valence-corrected chi connectivity index (χ4v) is 6.01. The van der Waals surface area contributed by atoms with Crippen LogP contribution in [0.2, 0.25) is 0 Å². The van der Waals surface area contributed by atoms with E-state index >= 15 is 0 Å². The van der Waals surface area contributed by atoms with Crippen LogP contribution in [-0.2, 0) is 5.41 Å². The van der Waals surface area contributed by atoms with Gasteiger partial charge in [0.05, 0.1) is 5.92 Å². The second kappa shape index (κ2) is 5.18. The number of nitrogens with zero attached hydrogens (tertiary/aromatic N) is 2. The summed E-state index contributed by atoms with van der Waals surface area (Å²) in [5.41, 5.74) is 2.76. The zero-order chi connectivity index (χ0) is 16.3. The molecule has 0 saturated heterocycles. The van der Waals surface area contributed by atoms with Crippen molar-refractivity contribution in [2.24, 2.45) is 17.8 Å². The van der Waals surface area contributed by atoms with Crippen molar-refractivity contribution in [2.75, 3.05) is 0 Å². The highest BCUT2D eigenvalue weighted by Crippen LogP contribution is 2.60. The normalized spacial score (nSPS) is 35.3. The Hall–Kier alpha value is -1.64. The zero-order valence-corrected chi connectivity index (χ0v) is 14.7. The van der Waals surface area contributed by atoms with Crippen molar-refractivity contribution in [2.45, 2.75) is 63.7 Å². The number of aromatic nitrogens is 2. The van der Waals surface area contributed by atoms with Gasteiger partial charge in [0, 0.05) is 5.41 Å². The van der Waals surface area contributed by atoms with Crippen molar-refractivity contribution in [3.63, 3.8) is 0 Å². The van der Waals surface area contributed by atoms with Gasteiger partial charge in [0.2, 0.25) is 5.89 Å². The van der Waals surface area contributed by atoms with Gasteiger partial charge in [-0.3, -0.25) is 0 Å². The molecule has 4 fully saturated rings. The Morgan fingerprint density at radius 1 is 1.00 bits per heavy atom. The Morgan fingerprint density at radius 3 is 2.17 bits per heavy atom. The predicted octanol–water partition coefficient (Wildman–Crippen LogP) is 5.00. The van der Waals surface area contributed by atoms with E-state index in [0.29, 0.717) is 0 Å². The first-order valence-corrected chi connectivity index (χ1v) is 9.52. The second-order valence-electron chi connectivity index (χ2n) is 8.79. The molecule has 4 aliphatic rings. The molecule has 0 unspecified atom stereocenters. The number of hydrogen-bond acceptors (Lipinski definition) is 3. The van der Waals surface area contributed by atoms with Crippen molar-refractivity contribution in [3.05, 3.63) is 47.1 Å². The maximum Gasteiger partial charge on any atom is 0.233 e. The lowest BCUT2D eigenvalue weighted by atomic mass is 9.49. The molecule has 6 rings (SSSR count). The van der Waals surface area contributed by atoms with Crippen LogP contribution in [0.15, 0.2) is 28.8 Å². The molecule has 4 bridgehead atoms. The molecule has 2 aromatic rings. The molecule has 24 heavy (non-hydrogen) atoms. The highest BCUT2D eigenvalue weighted by atomic mass is 16.5. The molecular formula is C21H26N2O. The van der Waals surface area contributed by atoms with Crippen molar-refractivity contribution < 1.29 is 4.52 Å². The SMILES string of the molecule is Cc1ccc([C@H](C)c2nc(C34CC5CC(CC(C5)C3)C4)no2)cc1. The maximum atomic E-state index is 5.74. The number of benzene rings is 1. The molecule has 3 nitrogen and oxygen atoms in total. The monoisotopic (exact) mass is 322 g/mol. The quantitative estimate of drug-likeness (QED) is 0.798. The molecular weight excluding hydrogens is 296 g/mol. The number of hydrogen-bond donors (Lipinski definition) is 0. The Bertz CT molecular complexity index is 710. The van der Waals surface area contributed by atoms with Gasteiger partial charge in [-0.2, -0.15) is 4.98 Å². The van der Waals surface area contributed by atoms with Gasteiger partial charge in [0.25, 0.3) is 0 Å². The molecule has 4 saturated carbocycles. The highest BCUT2D eigenvalue weighted by molar-refractivity contribution is 5.28. The van der Waals surface area contributed by atoms with Crippen LogP contribution in [-0.4, -0.2) is 10.1 Å². The fourth-order valence-electron chi connectivity index (χ4n) is 6.01. The third-order valence-corrected chi connectivity index (χ3v) is 6.90. The minimum atomic E-state index is 0.167. The van der Waals surface area contributed by atoms with E-state index in [1.54, 1.807) is 0 Å². The first kappa shape index (κ1) is 14.7. The fraction of sp³-hybridized carbons (Fsp3) is 0.619. The van der Waals surface area contributed by atoms with Gasteiger partial charge in [-0.15, -0.1) is 0 Å². The van der Waals surface area contributed by atoms with Crippen LogP contribution < -0.4 is 0 Å². The lowest BCUT2D eigenvalue weighted by molar-refractivity contribution is -0.0103. The van der Waals surface area contributed by atoms with E-state index in [4.69, 9.17) is 9.51 Å². The molecule has 4 aliphatic carbocycles. The molecule has 0 spiro atoms. The maximum absolute atomic E-state index is 5.74. The average molecular weight is 322 g/mol. The van der Waals surface area contributed by atoms with Crippen molar-refractivity contribution in [3.8, 4) is 0 Å². The minimum absolute atomic E-state index is 0.167. The molecule has 3 heteroatoms.